The van der Waals surface area contributed by atoms with Gasteiger partial charge in [0.2, 0.25) is 10.0 Å². The first-order valence-corrected chi connectivity index (χ1v) is 10.3. The van der Waals surface area contributed by atoms with E-state index < -0.39 is 10.0 Å². The van der Waals surface area contributed by atoms with Gasteiger partial charge in [-0.3, -0.25) is 0 Å². The lowest BCUT2D eigenvalue weighted by Crippen LogP contribution is -2.53. The molecule has 23 heavy (non-hydrogen) atoms. The zero-order valence-electron chi connectivity index (χ0n) is 14.2. The molecule has 7 nitrogen and oxygen atoms in total. The van der Waals surface area contributed by atoms with Gasteiger partial charge in [-0.25, -0.2) is 13.2 Å². The third kappa shape index (κ3) is 5.61. The fourth-order valence-electron chi connectivity index (χ4n) is 3.23. The molecule has 8 heteroatoms. The van der Waals surface area contributed by atoms with E-state index in [4.69, 9.17) is 4.74 Å². The van der Waals surface area contributed by atoms with Crippen molar-refractivity contribution in [1.29, 1.82) is 0 Å². The van der Waals surface area contributed by atoms with Crippen LogP contribution in [0, 0.1) is 5.92 Å². The van der Waals surface area contributed by atoms with Crippen LogP contribution >= 0.6 is 0 Å². The van der Waals surface area contributed by atoms with Crippen molar-refractivity contribution in [3.8, 4) is 0 Å². The molecule has 1 saturated heterocycles. The van der Waals surface area contributed by atoms with Crippen LogP contribution in [-0.4, -0.2) is 75.3 Å². The van der Waals surface area contributed by atoms with Gasteiger partial charge in [-0.05, 0) is 18.8 Å². The number of ether oxygens (including phenoxy) is 1. The summed E-state index contributed by atoms with van der Waals surface area (Å²) in [6.07, 6.45) is 6.37. The minimum absolute atomic E-state index is 0.140. The smallest absolute Gasteiger partial charge is 0.317 e. The topological polar surface area (TPSA) is 79.0 Å². The van der Waals surface area contributed by atoms with Crippen molar-refractivity contribution >= 4 is 16.1 Å². The highest BCUT2D eigenvalue weighted by molar-refractivity contribution is 7.88. The molecule has 0 spiro atoms. The predicted molar refractivity (Wildman–Crippen MR) is 88.8 cm³/mol. The minimum atomic E-state index is -3.16. The molecule has 0 unspecified atom stereocenters. The van der Waals surface area contributed by atoms with Gasteiger partial charge in [0.25, 0.3) is 0 Å². The molecule has 1 N–H and O–H groups in total. The third-order valence-electron chi connectivity index (χ3n) is 4.74. The molecule has 2 amide bonds. The summed E-state index contributed by atoms with van der Waals surface area (Å²) in [4.78, 5) is 13.7. The van der Waals surface area contributed by atoms with Gasteiger partial charge in [0.15, 0.2) is 0 Å². The molecular weight excluding hydrogens is 318 g/mol. The fraction of sp³-hybridized carbons (Fsp3) is 0.933. The summed E-state index contributed by atoms with van der Waals surface area (Å²) >= 11 is 0. The summed E-state index contributed by atoms with van der Waals surface area (Å²) in [7, 11) is -3.16. The van der Waals surface area contributed by atoms with E-state index in [2.05, 4.69) is 12.2 Å². The van der Waals surface area contributed by atoms with E-state index in [0.717, 1.165) is 6.42 Å². The van der Waals surface area contributed by atoms with Crippen molar-refractivity contribution < 1.29 is 17.9 Å². The van der Waals surface area contributed by atoms with E-state index in [1.165, 1.54) is 29.8 Å². The van der Waals surface area contributed by atoms with Crippen LogP contribution in [0.25, 0.3) is 0 Å². The Hall–Kier alpha value is -0.860. The van der Waals surface area contributed by atoms with Gasteiger partial charge in [0.1, 0.15) is 0 Å². The van der Waals surface area contributed by atoms with E-state index in [0.29, 0.717) is 51.4 Å². The van der Waals surface area contributed by atoms with Gasteiger partial charge in [-0.1, -0.05) is 19.8 Å². The van der Waals surface area contributed by atoms with Gasteiger partial charge in [-0.15, -0.1) is 0 Å². The first-order valence-electron chi connectivity index (χ1n) is 8.47. The number of rotatable bonds is 5. The normalized spacial score (nSPS) is 27.0. The summed E-state index contributed by atoms with van der Waals surface area (Å²) in [6, 6.07) is -0.140. The second-order valence-corrected chi connectivity index (χ2v) is 8.53. The van der Waals surface area contributed by atoms with Crippen LogP contribution in [0.3, 0.4) is 0 Å². The number of hydrogen-bond donors (Lipinski definition) is 1. The van der Waals surface area contributed by atoms with E-state index in [-0.39, 0.29) is 6.03 Å². The summed E-state index contributed by atoms with van der Waals surface area (Å²) in [5.41, 5.74) is 0. The molecule has 0 aromatic rings. The van der Waals surface area contributed by atoms with Crippen LogP contribution in [-0.2, 0) is 14.8 Å². The number of amides is 2. The van der Waals surface area contributed by atoms with Crippen LogP contribution in [0.2, 0.25) is 0 Å². The van der Waals surface area contributed by atoms with Crippen LogP contribution in [0.5, 0.6) is 0 Å². The highest BCUT2D eigenvalue weighted by Crippen LogP contribution is 2.25. The van der Waals surface area contributed by atoms with Crippen LogP contribution < -0.4 is 5.32 Å². The fourth-order valence-corrected chi connectivity index (χ4v) is 4.06. The molecule has 1 aliphatic carbocycles. The van der Waals surface area contributed by atoms with Crippen molar-refractivity contribution in [3.05, 3.63) is 0 Å². The lowest BCUT2D eigenvalue weighted by Gasteiger charge is -2.33. The molecule has 0 aromatic heterocycles. The number of urea groups is 1. The molecule has 2 fully saturated rings. The van der Waals surface area contributed by atoms with Crippen molar-refractivity contribution in [2.24, 2.45) is 5.92 Å². The summed E-state index contributed by atoms with van der Waals surface area (Å²) in [5.74, 6) is 0.600. The van der Waals surface area contributed by atoms with Gasteiger partial charge < -0.3 is 15.0 Å². The molecule has 0 radical (unpaired) electrons. The maximum absolute atomic E-state index is 12.1. The summed E-state index contributed by atoms with van der Waals surface area (Å²) < 4.78 is 30.2. The quantitative estimate of drug-likeness (QED) is 0.749. The van der Waals surface area contributed by atoms with Crippen molar-refractivity contribution in [1.82, 2.24) is 14.5 Å². The average Bonchev–Trinajstić information content (AvgIpc) is 2.52. The molecule has 0 aromatic carbocycles. The second kappa shape index (κ2) is 8.30. The number of carbonyl (C=O) groups excluding carboxylic acids is 1. The Balaban J connectivity index is 1.62. The number of nitrogens with one attached hydrogen (secondary N) is 1. The maximum atomic E-state index is 12.1. The molecule has 2 aliphatic rings. The van der Waals surface area contributed by atoms with Crippen LogP contribution in [0.1, 0.15) is 32.6 Å². The average molecular weight is 347 g/mol. The van der Waals surface area contributed by atoms with Gasteiger partial charge in [0.05, 0.1) is 19.0 Å². The molecule has 1 aliphatic heterocycles. The SMILES string of the molecule is C[C@@H]1CCCC[C@@H]1OCCNC(=O)N1CCN(S(C)(=O)=O)CC1. The zero-order valence-corrected chi connectivity index (χ0v) is 15.0. The lowest BCUT2D eigenvalue weighted by atomic mass is 9.88. The molecule has 1 heterocycles. The Bertz CT molecular complexity index is 489. The highest BCUT2D eigenvalue weighted by atomic mass is 32.2. The molecule has 0 bridgehead atoms. The number of carbonyl (C=O) groups is 1. The van der Waals surface area contributed by atoms with E-state index in [1.807, 2.05) is 0 Å². The Morgan fingerprint density at radius 1 is 1.17 bits per heavy atom. The Morgan fingerprint density at radius 2 is 1.83 bits per heavy atom. The Labute approximate surface area is 139 Å². The summed E-state index contributed by atoms with van der Waals surface area (Å²) in [5, 5.41) is 2.85. The van der Waals surface area contributed by atoms with Gasteiger partial charge >= 0.3 is 6.03 Å². The van der Waals surface area contributed by atoms with Crippen LogP contribution in [0.4, 0.5) is 4.79 Å². The molecule has 134 valence electrons. The van der Waals surface area contributed by atoms with Gasteiger partial charge in [-0.2, -0.15) is 4.31 Å². The summed E-state index contributed by atoms with van der Waals surface area (Å²) in [6.45, 7) is 4.84. The van der Waals surface area contributed by atoms with Crippen molar-refractivity contribution in [2.75, 3.05) is 45.6 Å². The van der Waals surface area contributed by atoms with Crippen molar-refractivity contribution in [3.63, 3.8) is 0 Å². The largest absolute Gasteiger partial charge is 0.376 e. The second-order valence-electron chi connectivity index (χ2n) is 6.55. The number of nitrogens with zero attached hydrogens (tertiary/aromatic N) is 2. The van der Waals surface area contributed by atoms with E-state index >= 15 is 0 Å². The molecule has 2 atom stereocenters. The van der Waals surface area contributed by atoms with E-state index in [9.17, 15) is 13.2 Å². The Kier molecular flexibility index (Phi) is 6.67. The number of piperazine rings is 1. The zero-order chi connectivity index (χ0) is 16.9. The number of hydrogen-bond acceptors (Lipinski definition) is 4. The van der Waals surface area contributed by atoms with Crippen LogP contribution in [0.15, 0.2) is 0 Å². The standard InChI is InChI=1S/C15H29N3O4S/c1-13-5-3-4-6-14(13)22-12-7-16-15(19)17-8-10-18(11-9-17)23(2,20)21/h13-14H,3-12H2,1-2H3,(H,16,19)/t13-,14+/m1/s1. The molecular formula is C15H29N3O4S. The highest BCUT2D eigenvalue weighted by Gasteiger charge is 2.26. The monoisotopic (exact) mass is 347 g/mol. The lowest BCUT2D eigenvalue weighted by molar-refractivity contribution is -0.00277. The third-order valence-corrected chi connectivity index (χ3v) is 6.04. The maximum Gasteiger partial charge on any atom is 0.317 e. The number of sulfonamides is 1. The predicted octanol–water partition coefficient (Wildman–Crippen LogP) is 0.869. The first-order chi connectivity index (χ1) is 10.9. The molecule has 2 rings (SSSR count). The van der Waals surface area contributed by atoms with Gasteiger partial charge in [0, 0.05) is 32.7 Å². The van der Waals surface area contributed by atoms with Crippen molar-refractivity contribution in [2.45, 2.75) is 38.7 Å². The minimum Gasteiger partial charge on any atom is -0.376 e. The molecule has 1 saturated carbocycles. The Morgan fingerprint density at radius 3 is 2.43 bits per heavy atom. The first kappa shape index (κ1) is 18.5. The van der Waals surface area contributed by atoms with E-state index in [1.54, 1.807) is 4.90 Å².